The van der Waals surface area contributed by atoms with Crippen LogP contribution in [0.4, 0.5) is 0 Å². The standard InChI is InChI=1S/C20H26N4O3/c1-19(2)12-6-7-20(19,3)14(9-12)22-16(25)11-8-13-15(21-10-11)23(4)18(27)24(5)17(13)26/h8,10,12,14H,6-7,9H2,1-5H3,(H,22,25). The lowest BCUT2D eigenvalue weighted by Crippen LogP contribution is -2.47. The van der Waals surface area contributed by atoms with Crippen molar-refractivity contribution in [2.24, 2.45) is 30.8 Å². The van der Waals surface area contributed by atoms with Gasteiger partial charge < -0.3 is 5.32 Å². The van der Waals surface area contributed by atoms with Crippen LogP contribution in [0.1, 0.15) is 50.4 Å². The molecule has 4 rings (SSSR count). The Morgan fingerprint density at radius 1 is 1.22 bits per heavy atom. The second-order valence-electron chi connectivity index (χ2n) is 8.94. The van der Waals surface area contributed by atoms with E-state index >= 15 is 0 Å². The Morgan fingerprint density at radius 2 is 1.93 bits per heavy atom. The van der Waals surface area contributed by atoms with Gasteiger partial charge in [0, 0.05) is 26.3 Å². The number of aryl methyl sites for hydroxylation is 1. The molecule has 2 heterocycles. The molecule has 0 radical (unpaired) electrons. The second kappa shape index (κ2) is 5.53. The molecule has 0 saturated heterocycles. The topological polar surface area (TPSA) is 86.0 Å². The number of pyridine rings is 1. The Labute approximate surface area is 157 Å². The molecular weight excluding hydrogens is 344 g/mol. The van der Waals surface area contributed by atoms with Crippen LogP contribution in [0.25, 0.3) is 11.0 Å². The zero-order valence-electron chi connectivity index (χ0n) is 16.5. The molecule has 2 aliphatic rings. The lowest BCUT2D eigenvalue weighted by Gasteiger charge is -2.39. The van der Waals surface area contributed by atoms with Crippen molar-refractivity contribution in [1.82, 2.24) is 19.4 Å². The van der Waals surface area contributed by atoms with Crippen molar-refractivity contribution >= 4 is 16.9 Å². The number of fused-ring (bicyclic) bond motifs is 3. The minimum absolute atomic E-state index is 0.0810. The number of carbonyl (C=O) groups is 1. The van der Waals surface area contributed by atoms with E-state index in [4.69, 9.17) is 0 Å². The lowest BCUT2D eigenvalue weighted by atomic mass is 9.69. The predicted molar refractivity (Wildman–Crippen MR) is 103 cm³/mol. The fourth-order valence-corrected chi connectivity index (χ4v) is 5.25. The van der Waals surface area contributed by atoms with Crippen molar-refractivity contribution in [3.8, 4) is 0 Å². The van der Waals surface area contributed by atoms with Gasteiger partial charge in [0.2, 0.25) is 0 Å². The first-order chi connectivity index (χ1) is 12.6. The first-order valence-corrected chi connectivity index (χ1v) is 9.44. The summed E-state index contributed by atoms with van der Waals surface area (Å²) in [6.07, 6.45) is 4.77. The van der Waals surface area contributed by atoms with Crippen molar-refractivity contribution in [1.29, 1.82) is 0 Å². The summed E-state index contributed by atoms with van der Waals surface area (Å²) < 4.78 is 2.35. The third kappa shape index (κ3) is 2.26. The number of hydrogen-bond acceptors (Lipinski definition) is 4. The van der Waals surface area contributed by atoms with Crippen molar-refractivity contribution in [3.63, 3.8) is 0 Å². The number of amides is 1. The SMILES string of the molecule is Cn1c(=O)c2cc(C(=O)NC3CC4CCC3(C)C4(C)C)cnc2n(C)c1=O. The van der Waals surface area contributed by atoms with Crippen molar-refractivity contribution in [3.05, 3.63) is 38.7 Å². The van der Waals surface area contributed by atoms with Crippen LogP contribution in [0.15, 0.2) is 21.9 Å². The molecule has 0 aromatic carbocycles. The lowest BCUT2D eigenvalue weighted by molar-refractivity contribution is 0.0826. The summed E-state index contributed by atoms with van der Waals surface area (Å²) in [5.74, 6) is 0.416. The van der Waals surface area contributed by atoms with Crippen LogP contribution in [0.5, 0.6) is 0 Å². The van der Waals surface area contributed by atoms with Crippen LogP contribution in [-0.4, -0.2) is 26.1 Å². The van der Waals surface area contributed by atoms with Crippen molar-refractivity contribution in [2.45, 2.75) is 46.1 Å². The van der Waals surface area contributed by atoms with Crippen LogP contribution in [0.3, 0.4) is 0 Å². The molecule has 3 atom stereocenters. The van der Waals surface area contributed by atoms with E-state index < -0.39 is 11.2 Å². The van der Waals surface area contributed by atoms with Gasteiger partial charge in [-0.25, -0.2) is 9.78 Å². The molecule has 2 aromatic rings. The van der Waals surface area contributed by atoms with Crippen molar-refractivity contribution < 1.29 is 4.79 Å². The molecule has 2 aromatic heterocycles. The van der Waals surface area contributed by atoms with E-state index in [0.29, 0.717) is 11.5 Å². The maximum atomic E-state index is 12.9. The predicted octanol–water partition coefficient (Wildman–Crippen LogP) is 1.58. The van der Waals surface area contributed by atoms with Gasteiger partial charge >= 0.3 is 5.69 Å². The van der Waals surface area contributed by atoms with Gasteiger partial charge in [-0.1, -0.05) is 20.8 Å². The first-order valence-electron chi connectivity index (χ1n) is 9.44. The highest BCUT2D eigenvalue weighted by Crippen LogP contribution is 2.65. The monoisotopic (exact) mass is 370 g/mol. The smallest absolute Gasteiger partial charge is 0.332 e. The minimum Gasteiger partial charge on any atom is -0.349 e. The summed E-state index contributed by atoms with van der Waals surface area (Å²) in [7, 11) is 2.99. The maximum Gasteiger partial charge on any atom is 0.332 e. The third-order valence-corrected chi connectivity index (χ3v) is 7.65. The Hall–Kier alpha value is -2.44. The Morgan fingerprint density at radius 3 is 2.52 bits per heavy atom. The summed E-state index contributed by atoms with van der Waals surface area (Å²) >= 11 is 0. The van der Waals surface area contributed by atoms with E-state index in [9.17, 15) is 14.4 Å². The molecule has 0 aliphatic heterocycles. The molecule has 2 aliphatic carbocycles. The van der Waals surface area contributed by atoms with E-state index in [2.05, 4.69) is 31.1 Å². The normalized spacial score (nSPS) is 28.6. The number of aromatic nitrogens is 3. The molecule has 2 bridgehead atoms. The van der Waals surface area contributed by atoms with E-state index in [1.54, 1.807) is 13.1 Å². The van der Waals surface area contributed by atoms with Gasteiger partial charge in [-0.2, -0.15) is 0 Å². The quantitative estimate of drug-likeness (QED) is 0.870. The van der Waals surface area contributed by atoms with Crippen molar-refractivity contribution in [2.75, 3.05) is 0 Å². The highest BCUT2D eigenvalue weighted by molar-refractivity contribution is 5.97. The Bertz CT molecular complexity index is 1080. The number of carbonyl (C=O) groups excluding carboxylic acids is 1. The number of nitrogens with zero attached hydrogens (tertiary/aromatic N) is 3. The maximum absolute atomic E-state index is 12.9. The van der Waals surface area contributed by atoms with Gasteiger partial charge in [-0.15, -0.1) is 0 Å². The number of nitrogens with one attached hydrogen (secondary N) is 1. The molecule has 2 saturated carbocycles. The molecule has 1 N–H and O–H groups in total. The number of rotatable bonds is 2. The molecule has 7 nitrogen and oxygen atoms in total. The molecule has 2 fully saturated rings. The molecule has 7 heteroatoms. The first kappa shape index (κ1) is 17.9. The Balaban J connectivity index is 1.69. The highest BCUT2D eigenvalue weighted by Gasteiger charge is 2.61. The molecular formula is C20H26N4O3. The van der Waals surface area contributed by atoms with Gasteiger partial charge in [0.25, 0.3) is 11.5 Å². The van der Waals surface area contributed by atoms with Gasteiger partial charge in [-0.05, 0) is 42.1 Å². The molecule has 27 heavy (non-hydrogen) atoms. The summed E-state index contributed by atoms with van der Waals surface area (Å²) in [6.45, 7) is 6.88. The van der Waals surface area contributed by atoms with Crippen LogP contribution in [0.2, 0.25) is 0 Å². The van der Waals surface area contributed by atoms with Gasteiger partial charge in [-0.3, -0.25) is 18.7 Å². The number of hydrogen-bond donors (Lipinski definition) is 1. The second-order valence-corrected chi connectivity index (χ2v) is 8.94. The zero-order chi connectivity index (χ0) is 19.7. The molecule has 144 valence electrons. The fourth-order valence-electron chi connectivity index (χ4n) is 5.25. The van der Waals surface area contributed by atoms with E-state index in [1.165, 1.54) is 24.2 Å². The third-order valence-electron chi connectivity index (χ3n) is 7.65. The summed E-state index contributed by atoms with van der Waals surface area (Å²) in [4.78, 5) is 41.6. The van der Waals surface area contributed by atoms with E-state index in [0.717, 1.165) is 17.4 Å². The van der Waals surface area contributed by atoms with E-state index in [-0.39, 0.29) is 33.8 Å². The van der Waals surface area contributed by atoms with E-state index in [1.807, 2.05) is 0 Å². The fraction of sp³-hybridized carbons (Fsp3) is 0.600. The summed E-state index contributed by atoms with van der Waals surface area (Å²) in [5.41, 5.74) is 0.0473. The minimum atomic E-state index is -0.441. The van der Waals surface area contributed by atoms with Crippen LogP contribution in [0, 0.1) is 16.7 Å². The van der Waals surface area contributed by atoms with Crippen LogP contribution >= 0.6 is 0 Å². The summed E-state index contributed by atoms with van der Waals surface area (Å²) in [6, 6.07) is 1.66. The summed E-state index contributed by atoms with van der Waals surface area (Å²) in [5, 5.41) is 3.46. The highest BCUT2D eigenvalue weighted by atomic mass is 16.2. The average molecular weight is 370 g/mol. The van der Waals surface area contributed by atoms with Gasteiger partial charge in [0.15, 0.2) is 0 Å². The van der Waals surface area contributed by atoms with Crippen LogP contribution < -0.4 is 16.6 Å². The Kier molecular flexibility index (Phi) is 3.68. The molecule has 1 amide bonds. The average Bonchev–Trinajstić information content (AvgIpc) is 2.97. The largest absolute Gasteiger partial charge is 0.349 e. The molecule has 0 spiro atoms. The molecule has 3 unspecified atom stereocenters. The zero-order valence-corrected chi connectivity index (χ0v) is 16.5. The van der Waals surface area contributed by atoms with Gasteiger partial charge in [0.05, 0.1) is 10.9 Å². The van der Waals surface area contributed by atoms with Gasteiger partial charge in [0.1, 0.15) is 5.65 Å². The van der Waals surface area contributed by atoms with Crippen LogP contribution in [-0.2, 0) is 14.1 Å².